The summed E-state index contributed by atoms with van der Waals surface area (Å²) in [6.45, 7) is 2.53. The number of carboxylic acids is 3. The molecule has 10 heteroatoms. The van der Waals surface area contributed by atoms with Gasteiger partial charge in [0.1, 0.15) is 12.1 Å². The fraction of sp³-hybridized carbons (Fsp3) is 0.750. The van der Waals surface area contributed by atoms with Crippen molar-refractivity contribution < 1.29 is 29.7 Å². The van der Waals surface area contributed by atoms with E-state index in [9.17, 15) is 14.4 Å². The number of rotatable bonds is 8. The van der Waals surface area contributed by atoms with E-state index >= 15 is 0 Å². The number of hydrogen-bond donors (Lipinski definition) is 7. The summed E-state index contributed by atoms with van der Waals surface area (Å²) in [5.74, 6) is -2.69. The van der Waals surface area contributed by atoms with Gasteiger partial charge in [-0.05, 0) is 32.4 Å². The zero-order chi connectivity index (χ0) is 18.1. The van der Waals surface area contributed by atoms with Crippen molar-refractivity contribution >= 4 is 17.9 Å². The summed E-state index contributed by atoms with van der Waals surface area (Å²) >= 11 is 0. The minimum absolute atomic E-state index is 0.191. The van der Waals surface area contributed by atoms with Crippen LogP contribution >= 0.6 is 0 Å². The van der Waals surface area contributed by atoms with Crippen LogP contribution in [0, 0.1) is 0 Å². The highest BCUT2D eigenvalue weighted by Crippen LogP contribution is 1.83. The summed E-state index contributed by atoms with van der Waals surface area (Å²) < 4.78 is 0. The molecule has 22 heavy (non-hydrogen) atoms. The summed E-state index contributed by atoms with van der Waals surface area (Å²) in [6, 6.07) is -1.47. The first-order valence-corrected chi connectivity index (χ1v) is 6.72. The van der Waals surface area contributed by atoms with E-state index in [2.05, 4.69) is 0 Å². The third-order valence-corrected chi connectivity index (χ3v) is 2.15. The standard InChI is InChI=1S/C4H10N2O2.2C4H9NO2/c5-2-1-3(6)4(7)8;1-2-3(5)4(6)7;5-3-1-2-4(6)7/h3H,1-2,5-6H2,(H,7,8);3H,2,5H2,1H3,(H,6,7);1-3,5H2,(H,6,7). The van der Waals surface area contributed by atoms with Gasteiger partial charge in [0.25, 0.3) is 0 Å². The number of carbonyl (C=O) groups is 3. The molecule has 0 saturated heterocycles. The summed E-state index contributed by atoms with van der Waals surface area (Å²) in [7, 11) is 0. The van der Waals surface area contributed by atoms with Crippen LogP contribution in [-0.4, -0.2) is 58.4 Å². The highest BCUT2D eigenvalue weighted by molar-refractivity contribution is 5.73. The lowest BCUT2D eigenvalue weighted by Gasteiger charge is -2.00. The van der Waals surface area contributed by atoms with Gasteiger partial charge < -0.3 is 38.3 Å². The van der Waals surface area contributed by atoms with E-state index < -0.39 is 30.0 Å². The van der Waals surface area contributed by atoms with Gasteiger partial charge in [-0.3, -0.25) is 14.4 Å². The van der Waals surface area contributed by atoms with E-state index in [1.807, 2.05) is 0 Å². The lowest BCUT2D eigenvalue weighted by molar-refractivity contribution is -0.139. The molecule has 0 radical (unpaired) electrons. The largest absolute Gasteiger partial charge is 0.481 e. The van der Waals surface area contributed by atoms with Crippen LogP contribution in [0.1, 0.15) is 32.6 Å². The quantitative estimate of drug-likeness (QED) is 0.270. The summed E-state index contributed by atoms with van der Waals surface area (Å²) in [5.41, 5.74) is 20.1. The average molecular weight is 324 g/mol. The normalized spacial score (nSPS) is 11.9. The summed E-state index contributed by atoms with van der Waals surface area (Å²) in [5, 5.41) is 24.2. The number of hydrogen-bond acceptors (Lipinski definition) is 7. The zero-order valence-corrected chi connectivity index (χ0v) is 12.8. The van der Waals surface area contributed by atoms with Crippen LogP contribution in [0.25, 0.3) is 0 Å². The molecule has 0 aromatic heterocycles. The Morgan fingerprint density at radius 1 is 0.909 bits per heavy atom. The van der Waals surface area contributed by atoms with Crippen molar-refractivity contribution in [1.82, 2.24) is 0 Å². The Morgan fingerprint density at radius 3 is 1.45 bits per heavy atom. The Hall–Kier alpha value is -1.75. The maximum atomic E-state index is 9.91. The van der Waals surface area contributed by atoms with Crippen LogP contribution in [-0.2, 0) is 14.4 Å². The van der Waals surface area contributed by atoms with Gasteiger partial charge >= 0.3 is 17.9 Å². The van der Waals surface area contributed by atoms with Gasteiger partial charge in [0.05, 0.1) is 0 Å². The molecule has 11 N–H and O–H groups in total. The number of carboxylic acid groups (broad SMARTS) is 3. The molecule has 0 rings (SSSR count). The smallest absolute Gasteiger partial charge is 0.320 e. The number of aliphatic carboxylic acids is 3. The zero-order valence-electron chi connectivity index (χ0n) is 12.8. The summed E-state index contributed by atoms with van der Waals surface area (Å²) in [6.07, 6.45) is 1.61. The van der Waals surface area contributed by atoms with Crippen molar-refractivity contribution in [2.45, 2.75) is 44.7 Å². The van der Waals surface area contributed by atoms with E-state index in [1.165, 1.54) is 0 Å². The van der Waals surface area contributed by atoms with Crippen molar-refractivity contribution in [3.05, 3.63) is 0 Å². The predicted octanol–water partition coefficient (Wildman–Crippen LogP) is -1.63. The molecule has 0 saturated carbocycles. The van der Waals surface area contributed by atoms with Gasteiger partial charge in [0, 0.05) is 6.42 Å². The van der Waals surface area contributed by atoms with Gasteiger partial charge in [-0.25, -0.2) is 0 Å². The third-order valence-electron chi connectivity index (χ3n) is 2.15. The van der Waals surface area contributed by atoms with Crippen LogP contribution < -0.4 is 22.9 Å². The highest BCUT2D eigenvalue weighted by atomic mass is 16.4. The molecular formula is C12H28N4O6. The molecule has 0 amide bonds. The Kier molecular flexibility index (Phi) is 19.8. The lowest BCUT2D eigenvalue weighted by Crippen LogP contribution is -2.32. The molecule has 0 aliphatic rings. The minimum Gasteiger partial charge on any atom is -0.481 e. The summed E-state index contributed by atoms with van der Waals surface area (Å²) in [4.78, 5) is 29.4. The average Bonchev–Trinajstić information content (AvgIpc) is 2.45. The van der Waals surface area contributed by atoms with Crippen molar-refractivity contribution in [2.24, 2.45) is 22.9 Å². The topological polar surface area (TPSA) is 216 Å². The molecule has 0 aliphatic carbocycles. The molecule has 0 aromatic rings. The molecule has 0 aromatic carbocycles. The van der Waals surface area contributed by atoms with Crippen LogP contribution in [0.2, 0.25) is 0 Å². The Morgan fingerprint density at radius 2 is 1.36 bits per heavy atom. The van der Waals surface area contributed by atoms with Crippen LogP contribution in [0.15, 0.2) is 0 Å². The third kappa shape index (κ3) is 23.4. The molecule has 2 unspecified atom stereocenters. The molecule has 0 aliphatic heterocycles. The molecular weight excluding hydrogens is 296 g/mol. The highest BCUT2D eigenvalue weighted by Gasteiger charge is 2.08. The Balaban J connectivity index is -0.000000247. The Bertz CT molecular complexity index is 314. The van der Waals surface area contributed by atoms with E-state index in [4.69, 9.17) is 38.3 Å². The predicted molar refractivity (Wildman–Crippen MR) is 81.1 cm³/mol. The van der Waals surface area contributed by atoms with Gasteiger partial charge in [-0.2, -0.15) is 0 Å². The monoisotopic (exact) mass is 324 g/mol. The second kappa shape index (κ2) is 17.3. The van der Waals surface area contributed by atoms with Crippen LogP contribution in [0.4, 0.5) is 0 Å². The van der Waals surface area contributed by atoms with Gasteiger partial charge in [0.15, 0.2) is 0 Å². The van der Waals surface area contributed by atoms with Crippen molar-refractivity contribution in [3.63, 3.8) is 0 Å². The number of nitrogens with two attached hydrogens (primary N) is 4. The van der Waals surface area contributed by atoms with E-state index in [1.54, 1.807) is 6.92 Å². The first kappa shape index (κ1) is 25.2. The molecule has 132 valence electrons. The second-order valence-corrected chi connectivity index (χ2v) is 4.16. The SMILES string of the molecule is CCC(N)C(=O)O.NCCC(N)C(=O)O.NCCCC(=O)O. The second-order valence-electron chi connectivity index (χ2n) is 4.16. The van der Waals surface area contributed by atoms with E-state index in [0.717, 1.165) is 0 Å². The van der Waals surface area contributed by atoms with Crippen LogP contribution in [0.3, 0.4) is 0 Å². The maximum Gasteiger partial charge on any atom is 0.320 e. The molecule has 2 atom stereocenters. The maximum absolute atomic E-state index is 9.91. The van der Waals surface area contributed by atoms with Crippen LogP contribution in [0.5, 0.6) is 0 Å². The first-order valence-electron chi connectivity index (χ1n) is 6.72. The minimum atomic E-state index is -0.990. The fourth-order valence-electron chi connectivity index (χ4n) is 0.731. The first-order chi connectivity index (χ1) is 10.1. The molecule has 0 spiro atoms. The fourth-order valence-corrected chi connectivity index (χ4v) is 0.731. The molecule has 10 nitrogen and oxygen atoms in total. The van der Waals surface area contributed by atoms with Crippen molar-refractivity contribution in [3.8, 4) is 0 Å². The van der Waals surface area contributed by atoms with Crippen molar-refractivity contribution in [2.75, 3.05) is 13.1 Å². The lowest BCUT2D eigenvalue weighted by atomic mass is 10.2. The van der Waals surface area contributed by atoms with Gasteiger partial charge in [-0.15, -0.1) is 0 Å². The van der Waals surface area contributed by atoms with Gasteiger partial charge in [0.2, 0.25) is 0 Å². The Labute approximate surface area is 129 Å². The molecule has 0 heterocycles. The van der Waals surface area contributed by atoms with Gasteiger partial charge in [-0.1, -0.05) is 6.92 Å². The molecule has 0 bridgehead atoms. The molecule has 0 fully saturated rings. The van der Waals surface area contributed by atoms with Crippen molar-refractivity contribution in [1.29, 1.82) is 0 Å². The van der Waals surface area contributed by atoms with E-state index in [0.29, 0.717) is 32.4 Å². The van der Waals surface area contributed by atoms with E-state index in [-0.39, 0.29) is 6.42 Å².